The van der Waals surface area contributed by atoms with Gasteiger partial charge in [0.15, 0.2) is 5.75 Å². The van der Waals surface area contributed by atoms with E-state index in [1.165, 1.54) is 18.2 Å². The van der Waals surface area contributed by atoms with Gasteiger partial charge >= 0.3 is 5.69 Å². The first-order chi connectivity index (χ1) is 13.6. The van der Waals surface area contributed by atoms with Crippen molar-refractivity contribution in [3.63, 3.8) is 0 Å². The predicted octanol–water partition coefficient (Wildman–Crippen LogP) is 3.79. The number of hydrogen-bond acceptors (Lipinski definition) is 6. The maximum atomic E-state index is 12.7. The molecule has 1 heterocycles. The van der Waals surface area contributed by atoms with Crippen LogP contribution in [-0.4, -0.2) is 46.9 Å². The summed E-state index contributed by atoms with van der Waals surface area (Å²) in [5.74, 6) is 2.01. The van der Waals surface area contributed by atoms with Crippen molar-refractivity contribution in [2.75, 3.05) is 36.5 Å². The lowest BCUT2D eigenvalue weighted by atomic mass is 10.1. The van der Waals surface area contributed by atoms with Crippen LogP contribution in [0.2, 0.25) is 0 Å². The highest BCUT2D eigenvalue weighted by atomic mass is 32.2. The molecule has 28 heavy (non-hydrogen) atoms. The van der Waals surface area contributed by atoms with Crippen LogP contribution in [0.5, 0.6) is 5.75 Å². The van der Waals surface area contributed by atoms with E-state index in [0.29, 0.717) is 6.61 Å². The number of nitro benzene ring substituents is 1. The van der Waals surface area contributed by atoms with Crippen molar-refractivity contribution in [1.29, 1.82) is 0 Å². The van der Waals surface area contributed by atoms with E-state index >= 15 is 0 Å². The molecule has 1 saturated heterocycles. The van der Waals surface area contributed by atoms with Gasteiger partial charge in [-0.25, -0.2) is 0 Å². The number of nitrogens with one attached hydrogen (secondary N) is 1. The number of hydrogen-bond donors (Lipinski definition) is 1. The predicted molar refractivity (Wildman–Crippen MR) is 111 cm³/mol. The first-order valence-corrected chi connectivity index (χ1v) is 10.3. The average Bonchev–Trinajstić information content (AvgIpc) is 2.70. The van der Waals surface area contributed by atoms with E-state index in [1.807, 2.05) is 36.0 Å². The number of carbonyl (C=O) groups excluding carboxylic acids is 1. The Morgan fingerprint density at radius 1 is 1.25 bits per heavy atom. The van der Waals surface area contributed by atoms with Crippen LogP contribution in [0.1, 0.15) is 22.8 Å². The van der Waals surface area contributed by atoms with Gasteiger partial charge in [0.25, 0.3) is 5.91 Å². The fraction of sp³-hybridized carbons (Fsp3) is 0.350. The highest BCUT2D eigenvalue weighted by Gasteiger charge is 2.20. The average molecular weight is 401 g/mol. The summed E-state index contributed by atoms with van der Waals surface area (Å²) in [5, 5.41) is 14.2. The van der Waals surface area contributed by atoms with E-state index in [4.69, 9.17) is 4.74 Å². The van der Waals surface area contributed by atoms with Gasteiger partial charge in [-0.15, -0.1) is 0 Å². The molecule has 1 amide bonds. The highest BCUT2D eigenvalue weighted by Crippen LogP contribution is 2.28. The molecule has 0 aliphatic carbocycles. The standard InChI is InChI=1S/C20H23N3O4S/c1-2-27-19-8-7-15(13-18(19)23(25)26)20(24)21-17-6-4-3-5-16(17)14-22-9-11-28-12-10-22/h3-8,13H,2,9-12,14H2,1H3,(H,21,24). The zero-order valence-electron chi connectivity index (χ0n) is 15.7. The SMILES string of the molecule is CCOc1ccc(C(=O)Nc2ccccc2CN2CCSCC2)cc1[N+](=O)[O-]. The lowest BCUT2D eigenvalue weighted by molar-refractivity contribution is -0.385. The number of ether oxygens (including phenoxy) is 1. The fourth-order valence-corrected chi connectivity index (χ4v) is 4.03. The molecule has 8 heteroatoms. The smallest absolute Gasteiger partial charge is 0.311 e. The molecular weight excluding hydrogens is 378 g/mol. The lowest BCUT2D eigenvalue weighted by Gasteiger charge is -2.27. The minimum absolute atomic E-state index is 0.160. The third kappa shape index (κ3) is 5.02. The van der Waals surface area contributed by atoms with Gasteiger partial charge in [-0.3, -0.25) is 19.8 Å². The minimum Gasteiger partial charge on any atom is -0.487 e. The molecule has 0 aromatic heterocycles. The number of anilines is 1. The van der Waals surface area contributed by atoms with Crippen LogP contribution in [0.15, 0.2) is 42.5 Å². The van der Waals surface area contributed by atoms with Gasteiger partial charge in [-0.1, -0.05) is 18.2 Å². The van der Waals surface area contributed by atoms with Gasteiger partial charge in [-0.2, -0.15) is 11.8 Å². The normalized spacial score (nSPS) is 14.5. The molecule has 7 nitrogen and oxygen atoms in total. The fourth-order valence-electron chi connectivity index (χ4n) is 3.05. The largest absolute Gasteiger partial charge is 0.487 e. The number of rotatable bonds is 7. The van der Waals surface area contributed by atoms with Crippen molar-refractivity contribution < 1.29 is 14.5 Å². The number of amides is 1. The monoisotopic (exact) mass is 401 g/mol. The molecule has 0 bridgehead atoms. The molecule has 0 saturated carbocycles. The van der Waals surface area contributed by atoms with E-state index < -0.39 is 4.92 Å². The van der Waals surface area contributed by atoms with Gasteiger partial charge in [0.1, 0.15) is 0 Å². The van der Waals surface area contributed by atoms with Gasteiger partial charge in [0, 0.05) is 48.5 Å². The zero-order chi connectivity index (χ0) is 19.9. The van der Waals surface area contributed by atoms with Gasteiger partial charge in [0.05, 0.1) is 11.5 Å². The topological polar surface area (TPSA) is 84.7 Å². The maximum Gasteiger partial charge on any atom is 0.311 e. The Labute approximate surface area is 168 Å². The lowest BCUT2D eigenvalue weighted by Crippen LogP contribution is -2.32. The second kappa shape index (κ2) is 9.57. The van der Waals surface area contributed by atoms with E-state index in [0.717, 1.165) is 42.4 Å². The molecule has 0 radical (unpaired) electrons. The molecule has 2 aromatic carbocycles. The van der Waals surface area contributed by atoms with Crippen LogP contribution in [0.25, 0.3) is 0 Å². The molecular formula is C20H23N3O4S. The Morgan fingerprint density at radius 2 is 2.00 bits per heavy atom. The van der Waals surface area contributed by atoms with E-state index in [1.54, 1.807) is 6.92 Å². The summed E-state index contributed by atoms with van der Waals surface area (Å²) in [6.45, 7) is 4.88. The third-order valence-corrected chi connectivity index (χ3v) is 5.42. The van der Waals surface area contributed by atoms with Crippen molar-refractivity contribution in [2.45, 2.75) is 13.5 Å². The summed E-state index contributed by atoms with van der Waals surface area (Å²) in [6.07, 6.45) is 0. The maximum absolute atomic E-state index is 12.7. The number of thioether (sulfide) groups is 1. The van der Waals surface area contributed by atoms with Crippen LogP contribution in [-0.2, 0) is 6.54 Å². The zero-order valence-corrected chi connectivity index (χ0v) is 16.5. The van der Waals surface area contributed by atoms with Gasteiger partial charge < -0.3 is 10.1 Å². The first-order valence-electron chi connectivity index (χ1n) is 9.19. The van der Waals surface area contributed by atoms with Crippen LogP contribution in [0.4, 0.5) is 11.4 Å². The Bertz CT molecular complexity index is 853. The second-order valence-corrected chi connectivity index (χ2v) is 7.60. The summed E-state index contributed by atoms with van der Waals surface area (Å²) >= 11 is 1.95. The number of nitrogens with zero attached hydrogens (tertiary/aromatic N) is 2. The Morgan fingerprint density at radius 3 is 2.71 bits per heavy atom. The van der Waals surface area contributed by atoms with Crippen LogP contribution in [0, 0.1) is 10.1 Å². The van der Waals surface area contributed by atoms with Crippen molar-refractivity contribution in [3.05, 3.63) is 63.7 Å². The Hall–Kier alpha value is -2.58. The molecule has 1 aliphatic rings. The van der Waals surface area contributed by atoms with Crippen molar-refractivity contribution >= 4 is 29.0 Å². The van der Waals surface area contributed by atoms with Crippen LogP contribution < -0.4 is 10.1 Å². The van der Waals surface area contributed by atoms with Crippen molar-refractivity contribution in [3.8, 4) is 5.75 Å². The number of para-hydroxylation sites is 1. The third-order valence-electron chi connectivity index (χ3n) is 4.48. The molecule has 1 fully saturated rings. The molecule has 0 unspecified atom stereocenters. The minimum atomic E-state index is -0.538. The summed E-state index contributed by atoms with van der Waals surface area (Å²) in [7, 11) is 0. The molecule has 2 aromatic rings. The molecule has 1 aliphatic heterocycles. The van der Waals surface area contributed by atoms with Crippen molar-refractivity contribution in [1.82, 2.24) is 4.90 Å². The Balaban J connectivity index is 1.77. The quantitative estimate of drug-likeness (QED) is 0.561. The summed E-state index contributed by atoms with van der Waals surface area (Å²) < 4.78 is 5.27. The van der Waals surface area contributed by atoms with E-state index in [-0.39, 0.29) is 22.9 Å². The number of benzene rings is 2. The first kappa shape index (κ1) is 20.2. The Kier molecular flexibility index (Phi) is 6.89. The molecule has 1 N–H and O–H groups in total. The molecule has 0 atom stereocenters. The molecule has 0 spiro atoms. The number of nitro groups is 1. The van der Waals surface area contributed by atoms with E-state index in [9.17, 15) is 14.9 Å². The second-order valence-electron chi connectivity index (χ2n) is 6.37. The summed E-state index contributed by atoms with van der Waals surface area (Å²) in [5.41, 5.74) is 1.76. The van der Waals surface area contributed by atoms with Gasteiger partial charge in [0.2, 0.25) is 0 Å². The van der Waals surface area contributed by atoms with Crippen LogP contribution >= 0.6 is 11.8 Å². The molecule has 3 rings (SSSR count). The van der Waals surface area contributed by atoms with Gasteiger partial charge in [-0.05, 0) is 30.7 Å². The van der Waals surface area contributed by atoms with Crippen LogP contribution in [0.3, 0.4) is 0 Å². The highest BCUT2D eigenvalue weighted by molar-refractivity contribution is 7.99. The summed E-state index contributed by atoms with van der Waals surface area (Å²) in [6, 6.07) is 11.9. The summed E-state index contributed by atoms with van der Waals surface area (Å²) in [4.78, 5) is 25.8. The number of carbonyl (C=O) groups is 1. The van der Waals surface area contributed by atoms with E-state index in [2.05, 4.69) is 10.2 Å². The molecule has 148 valence electrons. The van der Waals surface area contributed by atoms with Crippen molar-refractivity contribution in [2.24, 2.45) is 0 Å².